The van der Waals surface area contributed by atoms with Gasteiger partial charge in [0, 0.05) is 9.79 Å². The number of nitrogen functional groups attached to an aromatic ring is 1. The molecular weight excluding hydrogens is 318 g/mol. The lowest BCUT2D eigenvalue weighted by molar-refractivity contribution is 0.177. The van der Waals surface area contributed by atoms with Crippen LogP contribution in [-0.2, 0) is 4.74 Å². The standard InChI is InChI=1S/C15H15N3O2S2/c1-20-15(19)18-14(21)17-13-9-11(7-8-12(13)16)22-10-5-3-2-4-6-10/h2-9H,16H2,1H3,(H2,17,18,19,21). The second-order valence-corrected chi connectivity index (χ2v) is 5.79. The summed E-state index contributed by atoms with van der Waals surface area (Å²) in [5, 5.41) is 5.38. The quantitative estimate of drug-likeness (QED) is 0.590. The molecule has 2 aromatic carbocycles. The summed E-state index contributed by atoms with van der Waals surface area (Å²) in [6.07, 6.45) is -0.633. The van der Waals surface area contributed by atoms with Gasteiger partial charge < -0.3 is 15.8 Å². The molecule has 7 heteroatoms. The molecule has 4 N–H and O–H groups in total. The van der Waals surface area contributed by atoms with E-state index in [1.165, 1.54) is 7.11 Å². The predicted molar refractivity (Wildman–Crippen MR) is 93.2 cm³/mol. The van der Waals surface area contributed by atoms with Gasteiger partial charge >= 0.3 is 6.09 Å². The molecule has 1 amide bonds. The van der Waals surface area contributed by atoms with E-state index in [1.54, 1.807) is 17.8 Å². The van der Waals surface area contributed by atoms with E-state index < -0.39 is 6.09 Å². The first-order valence-corrected chi connectivity index (χ1v) is 7.59. The summed E-state index contributed by atoms with van der Waals surface area (Å²) in [6, 6.07) is 15.6. The monoisotopic (exact) mass is 333 g/mol. The molecule has 0 atom stereocenters. The Bertz CT molecular complexity index is 678. The number of thiocarbonyl (C=S) groups is 1. The van der Waals surface area contributed by atoms with Gasteiger partial charge in [-0.05, 0) is 42.5 Å². The van der Waals surface area contributed by atoms with Gasteiger partial charge in [-0.2, -0.15) is 0 Å². The molecule has 0 spiro atoms. The van der Waals surface area contributed by atoms with Crippen LogP contribution in [-0.4, -0.2) is 18.3 Å². The Kier molecular flexibility index (Phi) is 5.62. The third-order valence-corrected chi connectivity index (χ3v) is 3.85. The molecule has 0 aliphatic rings. The second kappa shape index (κ2) is 7.67. The van der Waals surface area contributed by atoms with Crippen molar-refractivity contribution in [3.8, 4) is 0 Å². The van der Waals surface area contributed by atoms with Crippen LogP contribution >= 0.6 is 24.0 Å². The van der Waals surface area contributed by atoms with E-state index in [2.05, 4.69) is 15.4 Å². The van der Waals surface area contributed by atoms with Gasteiger partial charge in [-0.25, -0.2) is 4.79 Å². The van der Waals surface area contributed by atoms with Crippen LogP contribution in [0.4, 0.5) is 16.2 Å². The average Bonchev–Trinajstić information content (AvgIpc) is 2.51. The minimum absolute atomic E-state index is 0.125. The molecule has 0 aliphatic heterocycles. The maximum Gasteiger partial charge on any atom is 0.413 e. The Balaban J connectivity index is 2.10. The number of nitrogens with one attached hydrogen (secondary N) is 2. The summed E-state index contributed by atoms with van der Waals surface area (Å²) in [7, 11) is 1.27. The highest BCUT2D eigenvalue weighted by atomic mass is 32.2. The van der Waals surface area contributed by atoms with Gasteiger partial charge in [-0.15, -0.1) is 0 Å². The summed E-state index contributed by atoms with van der Waals surface area (Å²) in [5.74, 6) is 0. The fourth-order valence-electron chi connectivity index (χ4n) is 1.63. The summed E-state index contributed by atoms with van der Waals surface area (Å²) in [6.45, 7) is 0. The summed E-state index contributed by atoms with van der Waals surface area (Å²) in [4.78, 5) is 13.2. The van der Waals surface area contributed by atoms with Crippen LogP contribution in [0.1, 0.15) is 0 Å². The highest BCUT2D eigenvalue weighted by Crippen LogP contribution is 2.31. The van der Waals surface area contributed by atoms with Crippen LogP contribution in [0.15, 0.2) is 58.3 Å². The number of rotatable bonds is 3. The Morgan fingerprint density at radius 3 is 2.59 bits per heavy atom. The van der Waals surface area contributed by atoms with Crippen LogP contribution in [0.3, 0.4) is 0 Å². The van der Waals surface area contributed by atoms with Gasteiger partial charge in [0.1, 0.15) is 0 Å². The maximum absolute atomic E-state index is 11.1. The Hall–Kier alpha value is -2.25. The van der Waals surface area contributed by atoms with Gasteiger partial charge in [0.2, 0.25) is 0 Å². The van der Waals surface area contributed by atoms with Crippen molar-refractivity contribution in [2.75, 3.05) is 18.2 Å². The first-order chi connectivity index (χ1) is 10.6. The van der Waals surface area contributed by atoms with Crippen molar-refractivity contribution in [3.63, 3.8) is 0 Å². The zero-order valence-corrected chi connectivity index (χ0v) is 13.5. The van der Waals surface area contributed by atoms with E-state index in [-0.39, 0.29) is 5.11 Å². The maximum atomic E-state index is 11.1. The van der Waals surface area contributed by atoms with Gasteiger partial charge in [-0.1, -0.05) is 30.0 Å². The summed E-state index contributed by atoms with van der Waals surface area (Å²) in [5.41, 5.74) is 7.08. The van der Waals surface area contributed by atoms with Crippen LogP contribution < -0.4 is 16.4 Å². The molecule has 0 aromatic heterocycles. The van der Waals surface area contributed by atoms with Crippen molar-refractivity contribution < 1.29 is 9.53 Å². The Labute approximate surface area is 138 Å². The number of hydrogen-bond acceptors (Lipinski definition) is 5. The zero-order chi connectivity index (χ0) is 15.9. The fraction of sp³-hybridized carbons (Fsp3) is 0.0667. The number of hydrogen-bond donors (Lipinski definition) is 3. The first kappa shape index (κ1) is 16.1. The molecular formula is C15H15N3O2S2. The molecule has 0 bridgehead atoms. The lowest BCUT2D eigenvalue weighted by atomic mass is 10.3. The van der Waals surface area contributed by atoms with Gasteiger partial charge in [0.25, 0.3) is 0 Å². The van der Waals surface area contributed by atoms with Crippen LogP contribution in [0.25, 0.3) is 0 Å². The fourth-order valence-corrected chi connectivity index (χ4v) is 2.70. The molecule has 0 saturated heterocycles. The molecule has 0 aliphatic carbocycles. The molecule has 0 fully saturated rings. The van der Waals surface area contributed by atoms with E-state index in [0.717, 1.165) is 9.79 Å². The Morgan fingerprint density at radius 1 is 1.18 bits per heavy atom. The smallest absolute Gasteiger partial charge is 0.413 e. The number of ether oxygens (including phenoxy) is 1. The third-order valence-electron chi connectivity index (χ3n) is 2.65. The van der Waals surface area contributed by atoms with Gasteiger partial charge in [-0.3, -0.25) is 5.32 Å². The number of amides is 1. The minimum Gasteiger partial charge on any atom is -0.453 e. The number of alkyl carbamates (subject to hydrolysis) is 1. The number of methoxy groups -OCH3 is 1. The van der Waals surface area contributed by atoms with Gasteiger partial charge in [0.05, 0.1) is 18.5 Å². The third kappa shape index (κ3) is 4.64. The minimum atomic E-state index is -0.633. The SMILES string of the molecule is COC(=O)NC(=S)Nc1cc(Sc2ccccc2)ccc1N. The highest BCUT2D eigenvalue weighted by Gasteiger charge is 2.07. The van der Waals surface area contributed by atoms with Crippen molar-refractivity contribution in [1.82, 2.24) is 5.32 Å². The van der Waals surface area contributed by atoms with Crippen molar-refractivity contribution >= 4 is 46.6 Å². The molecule has 114 valence electrons. The molecule has 0 saturated carbocycles. The number of carbonyl (C=O) groups is 1. The van der Waals surface area contributed by atoms with E-state index in [4.69, 9.17) is 18.0 Å². The van der Waals surface area contributed by atoms with Gasteiger partial charge in [0.15, 0.2) is 5.11 Å². The van der Waals surface area contributed by atoms with E-state index in [9.17, 15) is 4.79 Å². The first-order valence-electron chi connectivity index (χ1n) is 6.37. The Morgan fingerprint density at radius 2 is 1.91 bits per heavy atom. The molecule has 5 nitrogen and oxygen atoms in total. The predicted octanol–water partition coefficient (Wildman–Crippen LogP) is 3.47. The summed E-state index contributed by atoms with van der Waals surface area (Å²) < 4.78 is 4.48. The van der Waals surface area contributed by atoms with Crippen molar-refractivity contribution in [1.29, 1.82) is 0 Å². The normalized spacial score (nSPS) is 9.86. The van der Waals surface area contributed by atoms with E-state index in [1.807, 2.05) is 42.5 Å². The van der Waals surface area contributed by atoms with Crippen molar-refractivity contribution in [2.45, 2.75) is 9.79 Å². The topological polar surface area (TPSA) is 76.4 Å². The average molecular weight is 333 g/mol. The lowest BCUT2D eigenvalue weighted by Gasteiger charge is -2.12. The van der Waals surface area contributed by atoms with Crippen LogP contribution in [0.5, 0.6) is 0 Å². The molecule has 22 heavy (non-hydrogen) atoms. The van der Waals surface area contributed by atoms with Crippen molar-refractivity contribution in [3.05, 3.63) is 48.5 Å². The van der Waals surface area contributed by atoms with Crippen LogP contribution in [0.2, 0.25) is 0 Å². The zero-order valence-electron chi connectivity index (χ0n) is 11.8. The number of nitrogens with two attached hydrogens (primary N) is 1. The van der Waals surface area contributed by atoms with Crippen molar-refractivity contribution in [2.24, 2.45) is 0 Å². The lowest BCUT2D eigenvalue weighted by Crippen LogP contribution is -2.34. The number of anilines is 2. The highest BCUT2D eigenvalue weighted by molar-refractivity contribution is 7.99. The summed E-state index contributed by atoms with van der Waals surface area (Å²) >= 11 is 6.63. The van der Waals surface area contributed by atoms with E-state index >= 15 is 0 Å². The van der Waals surface area contributed by atoms with E-state index in [0.29, 0.717) is 11.4 Å². The second-order valence-electron chi connectivity index (χ2n) is 4.23. The molecule has 0 radical (unpaired) electrons. The van der Waals surface area contributed by atoms with Crippen LogP contribution in [0, 0.1) is 0 Å². The molecule has 2 rings (SSSR count). The largest absolute Gasteiger partial charge is 0.453 e. The molecule has 0 heterocycles. The number of benzene rings is 2. The molecule has 0 unspecified atom stereocenters. The molecule has 2 aromatic rings. The number of carbonyl (C=O) groups excluding carboxylic acids is 1.